The predicted octanol–water partition coefficient (Wildman–Crippen LogP) is 3.28. The Bertz CT molecular complexity index is 414. The van der Waals surface area contributed by atoms with Crippen molar-refractivity contribution in [2.24, 2.45) is 0 Å². The Kier molecular flexibility index (Phi) is 4.75. The smallest absolute Gasteiger partial charge is 0.162 e. The van der Waals surface area contributed by atoms with Crippen LogP contribution in [0.2, 0.25) is 0 Å². The molecular formula is C15H25N3O. The summed E-state index contributed by atoms with van der Waals surface area (Å²) in [7, 11) is 0. The summed E-state index contributed by atoms with van der Waals surface area (Å²) in [5, 5.41) is 3.36. The van der Waals surface area contributed by atoms with Crippen LogP contribution in [0.15, 0.2) is 6.07 Å². The Morgan fingerprint density at radius 3 is 2.79 bits per heavy atom. The minimum Gasteiger partial charge on any atom is -0.370 e. The van der Waals surface area contributed by atoms with Gasteiger partial charge in [-0.15, -0.1) is 0 Å². The number of rotatable bonds is 5. The molecule has 0 amide bonds. The maximum atomic E-state index is 5.96. The molecule has 1 fully saturated rings. The van der Waals surface area contributed by atoms with Gasteiger partial charge in [-0.05, 0) is 39.0 Å². The van der Waals surface area contributed by atoms with E-state index in [1.54, 1.807) is 0 Å². The standard InChI is InChI=1S/C15H25N3O/c1-4-9-16-13-11-12(5-2)17-14(18-13)15(3)8-6-7-10-19-15/h11H,4-10H2,1-3H3,(H,16,17,18). The highest BCUT2D eigenvalue weighted by molar-refractivity contribution is 5.37. The summed E-state index contributed by atoms with van der Waals surface area (Å²) >= 11 is 0. The highest BCUT2D eigenvalue weighted by Gasteiger charge is 2.33. The van der Waals surface area contributed by atoms with Crippen LogP contribution in [0, 0.1) is 0 Å². The molecule has 0 aromatic carbocycles. The van der Waals surface area contributed by atoms with Crippen LogP contribution in [-0.2, 0) is 16.8 Å². The SMILES string of the molecule is CCCNc1cc(CC)nc(C2(C)CCCCO2)n1. The van der Waals surface area contributed by atoms with E-state index in [4.69, 9.17) is 4.74 Å². The number of hydrogen-bond acceptors (Lipinski definition) is 4. The van der Waals surface area contributed by atoms with Crippen molar-refractivity contribution in [3.05, 3.63) is 17.6 Å². The fraction of sp³-hybridized carbons (Fsp3) is 0.733. The van der Waals surface area contributed by atoms with Crippen LogP contribution < -0.4 is 5.32 Å². The molecular weight excluding hydrogens is 238 g/mol. The van der Waals surface area contributed by atoms with Gasteiger partial charge in [0.05, 0.1) is 0 Å². The number of hydrogen-bond donors (Lipinski definition) is 1. The maximum absolute atomic E-state index is 5.96. The molecule has 0 spiro atoms. The summed E-state index contributed by atoms with van der Waals surface area (Å²) < 4.78 is 5.96. The third-order valence-corrected chi connectivity index (χ3v) is 3.64. The summed E-state index contributed by atoms with van der Waals surface area (Å²) in [6.45, 7) is 8.15. The van der Waals surface area contributed by atoms with Gasteiger partial charge in [0, 0.05) is 24.9 Å². The quantitative estimate of drug-likeness (QED) is 0.885. The van der Waals surface area contributed by atoms with E-state index in [0.717, 1.165) is 56.2 Å². The maximum Gasteiger partial charge on any atom is 0.162 e. The predicted molar refractivity (Wildman–Crippen MR) is 77.3 cm³/mol. The molecule has 1 aromatic heterocycles. The topological polar surface area (TPSA) is 47.0 Å². The number of ether oxygens (including phenoxy) is 1. The van der Waals surface area contributed by atoms with Gasteiger partial charge in [-0.1, -0.05) is 13.8 Å². The Morgan fingerprint density at radius 2 is 2.16 bits per heavy atom. The van der Waals surface area contributed by atoms with Crippen molar-refractivity contribution < 1.29 is 4.74 Å². The zero-order valence-corrected chi connectivity index (χ0v) is 12.3. The van der Waals surface area contributed by atoms with Gasteiger partial charge in [0.15, 0.2) is 5.82 Å². The molecule has 106 valence electrons. The van der Waals surface area contributed by atoms with Crippen molar-refractivity contribution in [3.8, 4) is 0 Å². The monoisotopic (exact) mass is 263 g/mol. The highest BCUT2D eigenvalue weighted by Crippen LogP contribution is 2.33. The average Bonchev–Trinajstić information content (AvgIpc) is 2.45. The Hall–Kier alpha value is -1.16. The number of aryl methyl sites for hydroxylation is 1. The largest absolute Gasteiger partial charge is 0.370 e. The number of nitrogens with one attached hydrogen (secondary N) is 1. The zero-order chi connectivity index (χ0) is 13.7. The van der Waals surface area contributed by atoms with Gasteiger partial charge in [-0.25, -0.2) is 9.97 Å². The van der Waals surface area contributed by atoms with Crippen LogP contribution in [0.1, 0.15) is 58.0 Å². The highest BCUT2D eigenvalue weighted by atomic mass is 16.5. The lowest BCUT2D eigenvalue weighted by Gasteiger charge is -2.32. The van der Waals surface area contributed by atoms with Crippen LogP contribution in [-0.4, -0.2) is 23.1 Å². The van der Waals surface area contributed by atoms with E-state index in [-0.39, 0.29) is 5.60 Å². The van der Waals surface area contributed by atoms with Gasteiger partial charge < -0.3 is 10.1 Å². The van der Waals surface area contributed by atoms with E-state index in [9.17, 15) is 0 Å². The van der Waals surface area contributed by atoms with Crippen LogP contribution in [0.25, 0.3) is 0 Å². The van der Waals surface area contributed by atoms with Gasteiger partial charge in [0.1, 0.15) is 11.4 Å². The molecule has 1 atom stereocenters. The van der Waals surface area contributed by atoms with Crippen molar-refractivity contribution in [2.45, 2.75) is 58.5 Å². The first kappa shape index (κ1) is 14.3. The van der Waals surface area contributed by atoms with E-state index in [1.807, 2.05) is 6.07 Å². The van der Waals surface area contributed by atoms with Crippen molar-refractivity contribution in [1.29, 1.82) is 0 Å². The second kappa shape index (κ2) is 6.33. The molecule has 0 aliphatic carbocycles. The van der Waals surface area contributed by atoms with Crippen molar-refractivity contribution in [2.75, 3.05) is 18.5 Å². The van der Waals surface area contributed by atoms with Gasteiger partial charge in [0.2, 0.25) is 0 Å². The molecule has 1 aromatic rings. The molecule has 1 aliphatic rings. The molecule has 1 saturated heterocycles. The van der Waals surface area contributed by atoms with E-state index >= 15 is 0 Å². The Balaban J connectivity index is 2.27. The third kappa shape index (κ3) is 3.44. The van der Waals surface area contributed by atoms with E-state index in [2.05, 4.69) is 36.1 Å². The lowest BCUT2D eigenvalue weighted by Crippen LogP contribution is -2.32. The van der Waals surface area contributed by atoms with Crippen LogP contribution >= 0.6 is 0 Å². The van der Waals surface area contributed by atoms with Gasteiger partial charge in [-0.2, -0.15) is 0 Å². The molecule has 2 heterocycles. The first-order chi connectivity index (χ1) is 9.18. The lowest BCUT2D eigenvalue weighted by atomic mass is 9.95. The minimum absolute atomic E-state index is 0.313. The second-order valence-corrected chi connectivity index (χ2v) is 5.38. The molecule has 19 heavy (non-hydrogen) atoms. The van der Waals surface area contributed by atoms with Crippen molar-refractivity contribution in [1.82, 2.24) is 9.97 Å². The molecule has 2 rings (SSSR count). The summed E-state index contributed by atoms with van der Waals surface area (Å²) in [5.74, 6) is 1.77. The number of anilines is 1. The first-order valence-electron chi connectivity index (χ1n) is 7.44. The zero-order valence-electron chi connectivity index (χ0n) is 12.3. The normalized spacial score (nSPS) is 23.3. The number of nitrogens with zero attached hydrogens (tertiary/aromatic N) is 2. The van der Waals surface area contributed by atoms with Gasteiger partial charge in [-0.3, -0.25) is 0 Å². The van der Waals surface area contributed by atoms with Crippen molar-refractivity contribution in [3.63, 3.8) is 0 Å². The molecule has 4 heteroatoms. The van der Waals surface area contributed by atoms with Crippen LogP contribution in [0.3, 0.4) is 0 Å². The third-order valence-electron chi connectivity index (χ3n) is 3.64. The Morgan fingerprint density at radius 1 is 1.32 bits per heavy atom. The molecule has 4 nitrogen and oxygen atoms in total. The van der Waals surface area contributed by atoms with E-state index in [1.165, 1.54) is 6.42 Å². The summed E-state index contributed by atoms with van der Waals surface area (Å²) in [6.07, 6.45) is 5.35. The minimum atomic E-state index is -0.313. The summed E-state index contributed by atoms with van der Waals surface area (Å²) in [5.41, 5.74) is 0.769. The Labute approximate surface area is 116 Å². The van der Waals surface area contributed by atoms with E-state index < -0.39 is 0 Å². The van der Waals surface area contributed by atoms with Crippen LogP contribution in [0.4, 0.5) is 5.82 Å². The molecule has 0 radical (unpaired) electrons. The molecule has 1 N–H and O–H groups in total. The van der Waals surface area contributed by atoms with Crippen molar-refractivity contribution >= 4 is 5.82 Å². The number of aromatic nitrogens is 2. The second-order valence-electron chi connectivity index (χ2n) is 5.38. The first-order valence-corrected chi connectivity index (χ1v) is 7.44. The summed E-state index contributed by atoms with van der Waals surface area (Å²) in [6, 6.07) is 2.05. The fourth-order valence-corrected chi connectivity index (χ4v) is 2.37. The lowest BCUT2D eigenvalue weighted by molar-refractivity contribution is -0.0760. The van der Waals surface area contributed by atoms with E-state index in [0.29, 0.717) is 0 Å². The molecule has 0 saturated carbocycles. The van der Waals surface area contributed by atoms with Gasteiger partial charge >= 0.3 is 0 Å². The van der Waals surface area contributed by atoms with Crippen LogP contribution in [0.5, 0.6) is 0 Å². The molecule has 1 aliphatic heterocycles. The molecule has 1 unspecified atom stereocenters. The average molecular weight is 263 g/mol. The van der Waals surface area contributed by atoms with Gasteiger partial charge in [0.25, 0.3) is 0 Å². The summed E-state index contributed by atoms with van der Waals surface area (Å²) in [4.78, 5) is 9.35. The molecule has 0 bridgehead atoms. The fourth-order valence-electron chi connectivity index (χ4n) is 2.37.